The summed E-state index contributed by atoms with van der Waals surface area (Å²) in [6, 6.07) is 1.86. The summed E-state index contributed by atoms with van der Waals surface area (Å²) in [6.07, 6.45) is 0. The van der Waals surface area contributed by atoms with Crippen LogP contribution in [0.1, 0.15) is 55.4 Å². The van der Waals surface area contributed by atoms with Crippen LogP contribution in [0.25, 0.3) is 0 Å². The first-order valence-corrected chi connectivity index (χ1v) is 19.3. The molecule has 0 atom stereocenters. The molecule has 0 aromatic rings. The topological polar surface area (TPSA) is 6.48 Å². The molecular formula is C14H28N2PbS4. The van der Waals surface area contributed by atoms with Crippen molar-refractivity contribution in [1.29, 1.82) is 0 Å². The molecule has 0 spiro atoms. The van der Waals surface area contributed by atoms with Crippen molar-refractivity contribution in [3.63, 3.8) is 0 Å². The van der Waals surface area contributed by atoms with Crippen LogP contribution in [0.2, 0.25) is 0 Å². The van der Waals surface area contributed by atoms with Gasteiger partial charge in [0.05, 0.1) is 0 Å². The monoisotopic (exact) mass is 560 g/mol. The summed E-state index contributed by atoms with van der Waals surface area (Å²) in [7, 11) is 3.82. The molecule has 21 heavy (non-hydrogen) atoms. The summed E-state index contributed by atoms with van der Waals surface area (Å²) in [6.45, 7) is 17.6. The first-order valence-electron chi connectivity index (χ1n) is 7.32. The van der Waals surface area contributed by atoms with Gasteiger partial charge in [-0.25, -0.2) is 0 Å². The van der Waals surface area contributed by atoms with Crippen molar-refractivity contribution in [2.45, 2.75) is 79.6 Å². The number of nitrogens with zero attached hydrogens (tertiary/aromatic N) is 2. The van der Waals surface area contributed by atoms with E-state index < -0.39 is 21.2 Å². The molecule has 122 valence electrons. The fourth-order valence-corrected chi connectivity index (χ4v) is 19.1. The molecule has 0 aliphatic carbocycles. The summed E-state index contributed by atoms with van der Waals surface area (Å²) in [5.74, 6) is 0. The van der Waals surface area contributed by atoms with Crippen LogP contribution >= 0.6 is 41.1 Å². The number of thiocarbonyl (C=S) groups is 2. The molecule has 2 nitrogen and oxygen atoms in total. The molecule has 0 bridgehead atoms. The van der Waals surface area contributed by atoms with Gasteiger partial charge in [0, 0.05) is 0 Å². The zero-order chi connectivity index (χ0) is 16.7. The van der Waals surface area contributed by atoms with Crippen LogP contribution in [-0.4, -0.2) is 63.8 Å². The molecule has 0 aliphatic heterocycles. The van der Waals surface area contributed by atoms with Gasteiger partial charge >= 0.3 is 160 Å². The molecule has 0 unspecified atom stereocenters. The average molecular weight is 560 g/mol. The van der Waals surface area contributed by atoms with Gasteiger partial charge in [-0.1, -0.05) is 0 Å². The molecule has 7 heteroatoms. The summed E-state index contributed by atoms with van der Waals surface area (Å²) < 4.78 is 2.11. The third kappa shape index (κ3) is 8.17. The number of rotatable bonds is 6. The Hall–Kier alpha value is 1.40. The van der Waals surface area contributed by atoms with Crippen molar-refractivity contribution >= 4 is 70.9 Å². The Morgan fingerprint density at radius 3 is 1.10 bits per heavy atom. The van der Waals surface area contributed by atoms with Gasteiger partial charge in [-0.15, -0.1) is 0 Å². The van der Waals surface area contributed by atoms with E-state index in [1.165, 1.54) is 0 Å². The maximum absolute atomic E-state index is 5.62. The second-order valence-electron chi connectivity index (χ2n) is 6.01. The number of hydrogen-bond donors (Lipinski definition) is 0. The van der Waals surface area contributed by atoms with Crippen molar-refractivity contribution < 1.29 is 0 Å². The second kappa shape index (κ2) is 11.0. The van der Waals surface area contributed by atoms with E-state index in [0.717, 1.165) is 8.64 Å². The third-order valence-corrected chi connectivity index (χ3v) is 19.1. The SMILES string of the molecule is CC(C)N(C(=S)[S][Pb][S]C(=S)N(C(C)C)C(C)C)C(C)C. The Morgan fingerprint density at radius 2 is 0.905 bits per heavy atom. The normalized spacial score (nSPS) is 11.6. The zero-order valence-electron chi connectivity index (χ0n) is 14.3. The minimum absolute atomic E-state index is 0.466. The van der Waals surface area contributed by atoms with Gasteiger partial charge in [0.25, 0.3) is 0 Å². The van der Waals surface area contributed by atoms with Gasteiger partial charge in [0.1, 0.15) is 0 Å². The first kappa shape index (κ1) is 22.4. The van der Waals surface area contributed by atoms with Crippen LogP contribution in [0, 0.1) is 0 Å². The summed E-state index contributed by atoms with van der Waals surface area (Å²) in [5.41, 5.74) is 0. The van der Waals surface area contributed by atoms with Crippen molar-refractivity contribution in [3.05, 3.63) is 0 Å². The minimum atomic E-state index is -0.953. The van der Waals surface area contributed by atoms with Gasteiger partial charge in [-0.2, -0.15) is 0 Å². The average Bonchev–Trinajstić information content (AvgIpc) is 2.26. The Balaban J connectivity index is 4.42. The van der Waals surface area contributed by atoms with Gasteiger partial charge in [0.15, 0.2) is 0 Å². The molecule has 0 aromatic carbocycles. The van der Waals surface area contributed by atoms with Crippen LogP contribution < -0.4 is 0 Å². The fourth-order valence-electron chi connectivity index (χ4n) is 2.23. The van der Waals surface area contributed by atoms with Gasteiger partial charge in [-0.05, 0) is 0 Å². The summed E-state index contributed by atoms with van der Waals surface area (Å²) >= 11 is 10.3. The van der Waals surface area contributed by atoms with E-state index in [2.05, 4.69) is 65.2 Å². The Bertz CT molecular complexity index is 298. The molecule has 0 aromatic heterocycles. The third-order valence-electron chi connectivity index (χ3n) is 2.90. The molecule has 0 rings (SSSR count). The summed E-state index contributed by atoms with van der Waals surface area (Å²) in [4.78, 5) is 4.67. The van der Waals surface area contributed by atoms with Crippen LogP contribution in [0.4, 0.5) is 0 Å². The molecular weight excluding hydrogens is 532 g/mol. The van der Waals surface area contributed by atoms with Crippen molar-refractivity contribution in [2.75, 3.05) is 0 Å². The second-order valence-corrected chi connectivity index (χ2v) is 19.7. The molecule has 0 heterocycles. The zero-order valence-corrected chi connectivity index (χ0v) is 21.5. The molecule has 0 fully saturated rings. The van der Waals surface area contributed by atoms with Crippen molar-refractivity contribution in [2.24, 2.45) is 0 Å². The quantitative estimate of drug-likeness (QED) is 0.339. The van der Waals surface area contributed by atoms with E-state index in [9.17, 15) is 0 Å². The van der Waals surface area contributed by atoms with Crippen molar-refractivity contribution in [1.82, 2.24) is 9.80 Å². The molecule has 0 amide bonds. The first-order chi connectivity index (χ1) is 9.59. The number of hydrogen-bond acceptors (Lipinski definition) is 4. The van der Waals surface area contributed by atoms with E-state index in [1.807, 2.05) is 16.6 Å². The Morgan fingerprint density at radius 1 is 0.667 bits per heavy atom. The molecule has 0 saturated carbocycles. The van der Waals surface area contributed by atoms with Crippen LogP contribution in [-0.2, 0) is 0 Å². The Labute approximate surface area is 159 Å². The van der Waals surface area contributed by atoms with Gasteiger partial charge < -0.3 is 0 Å². The van der Waals surface area contributed by atoms with Crippen LogP contribution in [0.3, 0.4) is 0 Å². The predicted molar refractivity (Wildman–Crippen MR) is 110 cm³/mol. The van der Waals surface area contributed by atoms with E-state index in [1.54, 1.807) is 0 Å². The van der Waals surface area contributed by atoms with E-state index in [-0.39, 0.29) is 0 Å². The van der Waals surface area contributed by atoms with Crippen LogP contribution in [0.15, 0.2) is 0 Å². The summed E-state index contributed by atoms with van der Waals surface area (Å²) in [5, 5.41) is 0. The molecule has 0 N–H and O–H groups in total. The molecule has 0 aliphatic rings. The standard InChI is InChI=1S/2C7H15NS2.Pb/c2*1-5(2)8(6(3)4)7(9)10;/h2*5-6H,1-4H3,(H,9,10);/q;;+2/p-2. The Kier molecular flexibility index (Phi) is 11.8. The predicted octanol–water partition coefficient (Wildman–Crippen LogP) is 4.79. The van der Waals surface area contributed by atoms with Gasteiger partial charge in [-0.3, -0.25) is 0 Å². The molecule has 0 saturated heterocycles. The van der Waals surface area contributed by atoms with Crippen LogP contribution in [0.5, 0.6) is 0 Å². The van der Waals surface area contributed by atoms with Gasteiger partial charge in [0.2, 0.25) is 0 Å². The van der Waals surface area contributed by atoms with E-state index >= 15 is 0 Å². The molecule has 2 radical (unpaired) electrons. The van der Waals surface area contributed by atoms with Crippen molar-refractivity contribution in [3.8, 4) is 0 Å². The fraction of sp³-hybridized carbons (Fsp3) is 0.857. The van der Waals surface area contributed by atoms with E-state index in [4.69, 9.17) is 24.4 Å². The maximum atomic E-state index is 5.62. The van der Waals surface area contributed by atoms with E-state index in [0.29, 0.717) is 24.2 Å².